The Labute approximate surface area is 112 Å². The minimum atomic E-state index is -0.321. The molecule has 0 aromatic carbocycles. The molecule has 2 rings (SSSR count). The van der Waals surface area contributed by atoms with E-state index in [4.69, 9.17) is 11.6 Å². The molecule has 0 bridgehead atoms. The van der Waals surface area contributed by atoms with Crippen LogP contribution in [-0.2, 0) is 6.42 Å². The molecule has 100 valence electrons. The zero-order valence-corrected chi connectivity index (χ0v) is 11.4. The molecule has 1 N–H and O–H groups in total. The number of nitrogens with one attached hydrogen (secondary N) is 1. The number of nitrogens with zero attached hydrogens (tertiary/aromatic N) is 2. The molecule has 2 unspecified atom stereocenters. The van der Waals surface area contributed by atoms with Gasteiger partial charge >= 0.3 is 0 Å². The van der Waals surface area contributed by atoms with Gasteiger partial charge in [0.25, 0.3) is 0 Å². The Bertz CT molecular complexity index is 400. The molecule has 0 amide bonds. The standard InChI is InChI=1S/C13H19ClFN3/c1-2-11-12(15)13(18-8-17-11)16-7-9-4-3-5-10(14)6-9/h8-10H,2-7H2,1H3,(H,16,17,18). The van der Waals surface area contributed by atoms with Crippen molar-refractivity contribution in [2.75, 3.05) is 11.9 Å². The van der Waals surface area contributed by atoms with Gasteiger partial charge in [0.1, 0.15) is 6.33 Å². The predicted octanol–water partition coefficient (Wildman–Crippen LogP) is 3.39. The Morgan fingerprint density at radius 3 is 3.00 bits per heavy atom. The van der Waals surface area contributed by atoms with E-state index in [1.807, 2.05) is 6.92 Å². The molecule has 1 aliphatic rings. The van der Waals surface area contributed by atoms with E-state index < -0.39 is 0 Å². The highest BCUT2D eigenvalue weighted by atomic mass is 35.5. The van der Waals surface area contributed by atoms with E-state index in [2.05, 4.69) is 15.3 Å². The fraction of sp³-hybridized carbons (Fsp3) is 0.692. The SMILES string of the molecule is CCc1ncnc(NCC2CCCC(Cl)C2)c1F. The van der Waals surface area contributed by atoms with Crippen molar-refractivity contribution in [3.63, 3.8) is 0 Å². The van der Waals surface area contributed by atoms with Crippen LogP contribution in [0.3, 0.4) is 0 Å². The van der Waals surface area contributed by atoms with Gasteiger partial charge in [-0.1, -0.05) is 13.3 Å². The van der Waals surface area contributed by atoms with E-state index >= 15 is 0 Å². The van der Waals surface area contributed by atoms with Gasteiger partial charge in [0.15, 0.2) is 11.6 Å². The number of rotatable bonds is 4. The molecule has 1 aromatic rings. The zero-order chi connectivity index (χ0) is 13.0. The van der Waals surface area contributed by atoms with Crippen LogP contribution in [0.5, 0.6) is 0 Å². The van der Waals surface area contributed by atoms with Gasteiger partial charge in [-0.3, -0.25) is 0 Å². The van der Waals surface area contributed by atoms with Gasteiger partial charge in [0.2, 0.25) is 0 Å². The smallest absolute Gasteiger partial charge is 0.186 e. The van der Waals surface area contributed by atoms with E-state index in [1.54, 1.807) is 0 Å². The van der Waals surface area contributed by atoms with Crippen LogP contribution in [0.1, 0.15) is 38.3 Å². The number of halogens is 2. The first-order valence-corrected chi connectivity index (χ1v) is 7.01. The highest BCUT2D eigenvalue weighted by Gasteiger charge is 2.20. The summed E-state index contributed by atoms with van der Waals surface area (Å²) in [5, 5.41) is 3.36. The lowest BCUT2D eigenvalue weighted by Crippen LogP contribution is -2.23. The number of alkyl halides is 1. The van der Waals surface area contributed by atoms with Crippen molar-refractivity contribution in [1.29, 1.82) is 0 Å². The van der Waals surface area contributed by atoms with Crippen molar-refractivity contribution < 1.29 is 4.39 Å². The van der Waals surface area contributed by atoms with Gasteiger partial charge in [-0.15, -0.1) is 11.6 Å². The van der Waals surface area contributed by atoms with Gasteiger partial charge < -0.3 is 5.32 Å². The number of hydrogen-bond donors (Lipinski definition) is 1. The third-order valence-electron chi connectivity index (χ3n) is 3.47. The Morgan fingerprint density at radius 2 is 2.28 bits per heavy atom. The molecule has 1 saturated carbocycles. The quantitative estimate of drug-likeness (QED) is 0.853. The first kappa shape index (κ1) is 13.5. The predicted molar refractivity (Wildman–Crippen MR) is 71.5 cm³/mol. The first-order valence-electron chi connectivity index (χ1n) is 6.58. The number of anilines is 1. The lowest BCUT2D eigenvalue weighted by molar-refractivity contribution is 0.377. The lowest BCUT2D eigenvalue weighted by atomic mass is 9.89. The van der Waals surface area contributed by atoms with Crippen LogP contribution in [0.25, 0.3) is 0 Å². The van der Waals surface area contributed by atoms with Crippen molar-refractivity contribution in [2.24, 2.45) is 5.92 Å². The van der Waals surface area contributed by atoms with Crippen LogP contribution in [0.15, 0.2) is 6.33 Å². The fourth-order valence-electron chi connectivity index (χ4n) is 2.43. The van der Waals surface area contributed by atoms with E-state index in [9.17, 15) is 4.39 Å². The van der Waals surface area contributed by atoms with Crippen molar-refractivity contribution in [3.05, 3.63) is 17.8 Å². The maximum Gasteiger partial charge on any atom is 0.186 e. The highest BCUT2D eigenvalue weighted by molar-refractivity contribution is 6.20. The molecule has 2 atom stereocenters. The molecule has 1 aromatic heterocycles. The number of aromatic nitrogens is 2. The summed E-state index contributed by atoms with van der Waals surface area (Å²) in [7, 11) is 0. The fourth-order valence-corrected chi connectivity index (χ4v) is 2.83. The molecule has 1 heterocycles. The second-order valence-electron chi connectivity index (χ2n) is 4.85. The Kier molecular flexibility index (Phi) is 4.75. The van der Waals surface area contributed by atoms with Gasteiger partial charge in [0, 0.05) is 11.9 Å². The molecule has 5 heteroatoms. The van der Waals surface area contributed by atoms with Crippen LogP contribution >= 0.6 is 11.6 Å². The van der Waals surface area contributed by atoms with Crippen LogP contribution in [0.2, 0.25) is 0 Å². The van der Waals surface area contributed by atoms with Crippen LogP contribution in [0, 0.1) is 11.7 Å². The highest BCUT2D eigenvalue weighted by Crippen LogP contribution is 2.28. The molecule has 0 radical (unpaired) electrons. The molecule has 0 spiro atoms. The average Bonchev–Trinajstić information content (AvgIpc) is 2.38. The van der Waals surface area contributed by atoms with E-state index in [0.29, 0.717) is 23.9 Å². The Hall–Kier alpha value is -0.900. The summed E-state index contributed by atoms with van der Waals surface area (Å²) in [6.07, 6.45) is 6.41. The molecule has 0 saturated heterocycles. The largest absolute Gasteiger partial charge is 0.367 e. The monoisotopic (exact) mass is 271 g/mol. The number of hydrogen-bond acceptors (Lipinski definition) is 3. The molecule has 18 heavy (non-hydrogen) atoms. The number of aryl methyl sites for hydroxylation is 1. The average molecular weight is 272 g/mol. The summed E-state index contributed by atoms with van der Waals surface area (Å²) in [5.74, 6) is 0.512. The van der Waals surface area contributed by atoms with Crippen LogP contribution < -0.4 is 5.32 Å². The Balaban J connectivity index is 1.93. The summed E-state index contributed by atoms with van der Waals surface area (Å²) < 4.78 is 13.9. The van der Waals surface area contributed by atoms with Gasteiger partial charge in [0.05, 0.1) is 5.69 Å². The van der Waals surface area contributed by atoms with Gasteiger partial charge in [-0.05, 0) is 31.6 Å². The first-order chi connectivity index (χ1) is 8.70. The van der Waals surface area contributed by atoms with E-state index in [-0.39, 0.29) is 11.2 Å². The summed E-state index contributed by atoms with van der Waals surface area (Å²) in [4.78, 5) is 7.88. The molecular formula is C13H19ClFN3. The minimum absolute atomic E-state index is 0.270. The lowest BCUT2D eigenvalue weighted by Gasteiger charge is -2.25. The van der Waals surface area contributed by atoms with Crippen molar-refractivity contribution in [3.8, 4) is 0 Å². The van der Waals surface area contributed by atoms with E-state index in [1.165, 1.54) is 6.33 Å². The van der Waals surface area contributed by atoms with E-state index in [0.717, 1.165) is 32.2 Å². The third-order valence-corrected chi connectivity index (χ3v) is 3.87. The summed E-state index contributed by atoms with van der Waals surface area (Å²) in [6, 6.07) is 0. The van der Waals surface area contributed by atoms with Gasteiger partial charge in [-0.2, -0.15) is 0 Å². The molecular weight excluding hydrogens is 253 g/mol. The second kappa shape index (κ2) is 6.32. The summed E-state index contributed by atoms with van der Waals surface area (Å²) in [5.41, 5.74) is 0.464. The van der Waals surface area contributed by atoms with Crippen molar-refractivity contribution >= 4 is 17.4 Å². The van der Waals surface area contributed by atoms with Crippen molar-refractivity contribution in [1.82, 2.24) is 9.97 Å². The molecule has 0 aliphatic heterocycles. The van der Waals surface area contributed by atoms with Gasteiger partial charge in [-0.25, -0.2) is 14.4 Å². The minimum Gasteiger partial charge on any atom is -0.367 e. The zero-order valence-electron chi connectivity index (χ0n) is 10.6. The van der Waals surface area contributed by atoms with Crippen molar-refractivity contribution in [2.45, 2.75) is 44.4 Å². The normalized spacial score (nSPS) is 23.9. The second-order valence-corrected chi connectivity index (χ2v) is 5.46. The molecule has 1 aliphatic carbocycles. The Morgan fingerprint density at radius 1 is 1.44 bits per heavy atom. The maximum atomic E-state index is 13.9. The summed E-state index contributed by atoms with van der Waals surface area (Å²) in [6.45, 7) is 2.62. The molecule has 1 fully saturated rings. The molecule has 3 nitrogen and oxygen atoms in total. The third kappa shape index (κ3) is 3.31. The maximum absolute atomic E-state index is 13.9. The van der Waals surface area contributed by atoms with Crippen LogP contribution in [-0.4, -0.2) is 21.9 Å². The summed E-state index contributed by atoms with van der Waals surface area (Å²) >= 11 is 6.14. The van der Waals surface area contributed by atoms with Crippen LogP contribution in [0.4, 0.5) is 10.2 Å². The topological polar surface area (TPSA) is 37.8 Å².